The van der Waals surface area contributed by atoms with Crippen LogP contribution in [0.4, 0.5) is 5.69 Å². The van der Waals surface area contributed by atoms with Gasteiger partial charge in [-0.2, -0.15) is 17.0 Å². The molecule has 1 saturated heterocycles. The smallest absolute Gasteiger partial charge is 0.270 e. The summed E-state index contributed by atoms with van der Waals surface area (Å²) in [7, 11) is 0. The minimum atomic E-state index is -0.862. The van der Waals surface area contributed by atoms with Gasteiger partial charge in [-0.05, 0) is 24.7 Å². The Morgan fingerprint density at radius 2 is 2.35 bits per heavy atom. The fraction of sp³-hybridized carbons (Fsp3) is 0.385. The Labute approximate surface area is 120 Å². The van der Waals surface area contributed by atoms with Gasteiger partial charge >= 0.3 is 0 Å². The van der Waals surface area contributed by atoms with Crippen LogP contribution in [-0.2, 0) is 0 Å². The van der Waals surface area contributed by atoms with Gasteiger partial charge in [-0.25, -0.2) is 0 Å². The van der Waals surface area contributed by atoms with Crippen molar-refractivity contribution in [2.45, 2.75) is 18.9 Å². The Hall–Kier alpha value is -2.07. The zero-order valence-electron chi connectivity index (χ0n) is 10.9. The molecule has 0 radical (unpaired) electrons. The van der Waals surface area contributed by atoms with Crippen molar-refractivity contribution in [3.8, 4) is 6.07 Å². The Balaban J connectivity index is 2.27. The molecule has 0 bridgehead atoms. The zero-order valence-corrected chi connectivity index (χ0v) is 11.7. The molecule has 1 atom stereocenters. The van der Waals surface area contributed by atoms with E-state index in [1.807, 2.05) is 0 Å². The molecule has 1 amide bonds. The van der Waals surface area contributed by atoms with E-state index in [1.54, 1.807) is 18.7 Å². The number of benzene rings is 1. The Bertz CT molecular complexity index is 603. The molecule has 20 heavy (non-hydrogen) atoms. The number of nitro benzene ring substituents is 1. The molecular formula is C13H13N3O3S. The van der Waals surface area contributed by atoms with Gasteiger partial charge in [0, 0.05) is 23.4 Å². The molecule has 0 saturated carbocycles. The van der Waals surface area contributed by atoms with Gasteiger partial charge in [0.15, 0.2) is 0 Å². The minimum absolute atomic E-state index is 0.132. The van der Waals surface area contributed by atoms with Crippen molar-refractivity contribution in [2.75, 3.05) is 11.5 Å². The summed E-state index contributed by atoms with van der Waals surface area (Å²) in [5.41, 5.74) is -0.108. The summed E-state index contributed by atoms with van der Waals surface area (Å²) >= 11 is 1.61. The number of carbonyl (C=O) groups is 1. The lowest BCUT2D eigenvalue weighted by Gasteiger charge is -2.21. The lowest BCUT2D eigenvalue weighted by atomic mass is 9.99. The molecule has 1 aliphatic heterocycles. The van der Waals surface area contributed by atoms with Crippen molar-refractivity contribution in [3.05, 3.63) is 39.4 Å². The van der Waals surface area contributed by atoms with Gasteiger partial charge in [-0.3, -0.25) is 14.9 Å². The zero-order chi connectivity index (χ0) is 14.8. The number of thioether (sulfide) groups is 1. The van der Waals surface area contributed by atoms with Gasteiger partial charge in [0.25, 0.3) is 11.6 Å². The maximum Gasteiger partial charge on any atom is 0.270 e. The molecule has 0 aliphatic carbocycles. The fourth-order valence-electron chi connectivity index (χ4n) is 2.03. The standard InChI is InChI=1S/C13H13N3O3S/c1-9-2-3-10(16(18)19)6-11(9)12(17)15-13(7-14)4-5-20-8-13/h2-3,6H,4-5,8H2,1H3,(H,15,17). The number of hydrogen-bond acceptors (Lipinski definition) is 5. The molecule has 6 nitrogen and oxygen atoms in total. The summed E-state index contributed by atoms with van der Waals surface area (Å²) in [5, 5.41) is 22.7. The SMILES string of the molecule is Cc1ccc([N+](=O)[O-])cc1C(=O)NC1(C#N)CCSC1. The number of aryl methyl sites for hydroxylation is 1. The maximum absolute atomic E-state index is 12.3. The van der Waals surface area contributed by atoms with Crippen molar-refractivity contribution in [2.24, 2.45) is 0 Å². The second-order valence-corrected chi connectivity index (χ2v) is 5.81. The second-order valence-electron chi connectivity index (χ2n) is 4.71. The van der Waals surface area contributed by atoms with Gasteiger partial charge < -0.3 is 5.32 Å². The third kappa shape index (κ3) is 2.75. The third-order valence-corrected chi connectivity index (χ3v) is 4.45. The van der Waals surface area contributed by atoms with Crippen molar-refractivity contribution in [3.63, 3.8) is 0 Å². The topological polar surface area (TPSA) is 96.0 Å². The summed E-state index contributed by atoms with van der Waals surface area (Å²) in [4.78, 5) is 22.5. The van der Waals surface area contributed by atoms with Crippen LogP contribution in [0.2, 0.25) is 0 Å². The van der Waals surface area contributed by atoms with Gasteiger partial charge in [-0.1, -0.05) is 6.07 Å². The highest BCUT2D eigenvalue weighted by Gasteiger charge is 2.36. The molecule has 2 rings (SSSR count). The number of nitriles is 1. The Kier molecular flexibility index (Phi) is 3.95. The number of amides is 1. The summed E-state index contributed by atoms with van der Waals surface area (Å²) in [6, 6.07) is 6.29. The highest BCUT2D eigenvalue weighted by Crippen LogP contribution is 2.28. The van der Waals surface area contributed by atoms with Crippen molar-refractivity contribution in [1.82, 2.24) is 5.32 Å². The predicted octanol–water partition coefficient (Wildman–Crippen LogP) is 2.03. The molecule has 7 heteroatoms. The normalized spacial score (nSPS) is 21.2. The lowest BCUT2D eigenvalue weighted by Crippen LogP contribution is -2.47. The number of non-ortho nitro benzene ring substituents is 1. The van der Waals surface area contributed by atoms with Gasteiger partial charge in [0.2, 0.25) is 0 Å². The number of hydrogen-bond donors (Lipinski definition) is 1. The monoisotopic (exact) mass is 291 g/mol. The van der Waals surface area contributed by atoms with Crippen LogP contribution in [0.5, 0.6) is 0 Å². The third-order valence-electron chi connectivity index (χ3n) is 3.27. The number of nitro groups is 1. The van der Waals surface area contributed by atoms with E-state index in [0.717, 1.165) is 5.75 Å². The van der Waals surface area contributed by atoms with Gasteiger partial charge in [0.05, 0.1) is 11.0 Å². The summed E-state index contributed by atoms with van der Waals surface area (Å²) < 4.78 is 0. The molecule has 0 spiro atoms. The van der Waals surface area contributed by atoms with Crippen molar-refractivity contribution in [1.29, 1.82) is 5.26 Å². The quantitative estimate of drug-likeness (QED) is 0.679. The van der Waals surface area contributed by atoms with E-state index >= 15 is 0 Å². The molecule has 0 aromatic heterocycles. The number of rotatable bonds is 3. The number of nitrogens with one attached hydrogen (secondary N) is 1. The first-order valence-corrected chi connectivity index (χ1v) is 7.19. The van der Waals surface area contributed by atoms with Crippen LogP contribution >= 0.6 is 11.8 Å². The fourth-order valence-corrected chi connectivity index (χ4v) is 3.30. The first-order valence-electron chi connectivity index (χ1n) is 6.04. The first kappa shape index (κ1) is 14.3. The molecule has 1 N–H and O–H groups in total. The Morgan fingerprint density at radius 1 is 1.60 bits per heavy atom. The van der Waals surface area contributed by atoms with Crippen molar-refractivity contribution < 1.29 is 9.72 Å². The minimum Gasteiger partial charge on any atom is -0.333 e. The lowest BCUT2D eigenvalue weighted by molar-refractivity contribution is -0.384. The Morgan fingerprint density at radius 3 is 2.90 bits per heavy atom. The molecule has 1 unspecified atom stereocenters. The molecule has 1 fully saturated rings. The van der Waals surface area contributed by atoms with Crippen LogP contribution in [0.1, 0.15) is 22.3 Å². The van der Waals surface area contributed by atoms with Crippen LogP contribution in [0.3, 0.4) is 0 Å². The van der Waals surface area contributed by atoms with E-state index in [9.17, 15) is 20.2 Å². The molecule has 1 heterocycles. The number of carbonyl (C=O) groups excluding carboxylic acids is 1. The van der Waals surface area contributed by atoms with E-state index in [1.165, 1.54) is 18.2 Å². The molecule has 1 aliphatic rings. The van der Waals surface area contributed by atoms with Gasteiger partial charge in [0.1, 0.15) is 5.54 Å². The number of nitrogens with zero attached hydrogens (tertiary/aromatic N) is 2. The summed E-state index contributed by atoms with van der Waals surface area (Å²) in [6.45, 7) is 1.71. The van der Waals surface area contributed by atoms with Crippen LogP contribution < -0.4 is 5.32 Å². The van der Waals surface area contributed by atoms with E-state index in [4.69, 9.17) is 0 Å². The first-order chi connectivity index (χ1) is 9.47. The van der Waals surface area contributed by atoms with E-state index in [-0.39, 0.29) is 11.3 Å². The summed E-state index contributed by atoms with van der Waals surface area (Å²) in [6.07, 6.45) is 0.591. The van der Waals surface area contributed by atoms with Crippen LogP contribution in [0.25, 0.3) is 0 Å². The van der Waals surface area contributed by atoms with Gasteiger partial charge in [-0.15, -0.1) is 0 Å². The van der Waals surface area contributed by atoms with E-state index in [2.05, 4.69) is 11.4 Å². The molecule has 1 aromatic rings. The molecule has 104 valence electrons. The highest BCUT2D eigenvalue weighted by atomic mass is 32.2. The van der Waals surface area contributed by atoms with Crippen molar-refractivity contribution >= 4 is 23.4 Å². The maximum atomic E-state index is 12.3. The van der Waals surface area contributed by atoms with E-state index in [0.29, 0.717) is 17.7 Å². The molecular weight excluding hydrogens is 278 g/mol. The van der Waals surface area contributed by atoms with Crippen LogP contribution in [0, 0.1) is 28.4 Å². The molecule has 1 aromatic carbocycles. The van der Waals surface area contributed by atoms with Crippen LogP contribution in [-0.4, -0.2) is 27.9 Å². The predicted molar refractivity (Wildman–Crippen MR) is 75.6 cm³/mol. The van der Waals surface area contributed by atoms with Crippen LogP contribution in [0.15, 0.2) is 18.2 Å². The highest BCUT2D eigenvalue weighted by molar-refractivity contribution is 7.99. The average Bonchev–Trinajstić information content (AvgIpc) is 2.88. The average molecular weight is 291 g/mol. The summed E-state index contributed by atoms with van der Waals surface area (Å²) in [5.74, 6) is 0.931. The van der Waals surface area contributed by atoms with E-state index < -0.39 is 16.4 Å². The largest absolute Gasteiger partial charge is 0.333 e. The second kappa shape index (κ2) is 5.51.